The molecule has 0 unspecified atom stereocenters. The minimum Gasteiger partial charge on any atom is -0.460 e. The van der Waals surface area contributed by atoms with Gasteiger partial charge in [-0.25, -0.2) is 4.79 Å². The maximum absolute atomic E-state index is 12.3. The second-order valence-corrected chi connectivity index (χ2v) is 7.77. The number of ether oxygens (including phenoxy) is 2. The van der Waals surface area contributed by atoms with Crippen LogP contribution in [0.1, 0.15) is 31.9 Å². The Morgan fingerprint density at radius 3 is 2.10 bits per heavy atom. The van der Waals surface area contributed by atoms with Crippen molar-refractivity contribution in [1.29, 1.82) is 0 Å². The van der Waals surface area contributed by atoms with Crippen LogP contribution in [0.15, 0.2) is 60.7 Å². The van der Waals surface area contributed by atoms with Gasteiger partial charge in [0.1, 0.15) is 12.2 Å². The molecule has 0 aliphatic rings. The summed E-state index contributed by atoms with van der Waals surface area (Å²) >= 11 is 0. The van der Waals surface area contributed by atoms with Crippen molar-refractivity contribution in [3.8, 4) is 0 Å². The molecule has 2 aromatic carbocycles. The molecule has 2 rings (SSSR count). The predicted molar refractivity (Wildman–Crippen MR) is 112 cm³/mol. The van der Waals surface area contributed by atoms with Crippen LogP contribution >= 0.6 is 0 Å². The van der Waals surface area contributed by atoms with Crippen LogP contribution in [-0.2, 0) is 27.4 Å². The first-order valence-corrected chi connectivity index (χ1v) is 9.74. The summed E-state index contributed by atoms with van der Waals surface area (Å²) in [6.45, 7) is 7.28. The number of carbonyl (C=O) groups is 2. The average Bonchev–Trinajstić information content (AvgIpc) is 2.66. The summed E-state index contributed by atoms with van der Waals surface area (Å²) in [5.74, 6) is -0.304. The van der Waals surface area contributed by atoms with Crippen molar-refractivity contribution in [2.75, 3.05) is 19.6 Å². The standard InChI is InChI=1S/C23H30N2O4/c1-23(2,3)29-22(27)24-14-15-25(16-19-10-6-4-7-11-19)17-21(26)28-18-20-12-8-5-9-13-20/h4-13H,14-18H2,1-3H3,(H,24,27). The van der Waals surface area contributed by atoms with Crippen molar-refractivity contribution in [1.82, 2.24) is 10.2 Å². The second-order valence-electron chi connectivity index (χ2n) is 7.77. The highest BCUT2D eigenvalue weighted by atomic mass is 16.6. The largest absolute Gasteiger partial charge is 0.460 e. The van der Waals surface area contributed by atoms with E-state index in [0.29, 0.717) is 19.6 Å². The van der Waals surface area contributed by atoms with E-state index in [-0.39, 0.29) is 19.1 Å². The van der Waals surface area contributed by atoms with Crippen molar-refractivity contribution in [3.63, 3.8) is 0 Å². The van der Waals surface area contributed by atoms with Crippen molar-refractivity contribution < 1.29 is 19.1 Å². The molecule has 0 aliphatic carbocycles. The summed E-state index contributed by atoms with van der Waals surface area (Å²) in [5.41, 5.74) is 1.48. The van der Waals surface area contributed by atoms with Crippen LogP contribution in [0.2, 0.25) is 0 Å². The Labute approximate surface area is 172 Å². The SMILES string of the molecule is CC(C)(C)OC(=O)NCCN(CC(=O)OCc1ccccc1)Cc1ccccc1. The number of esters is 1. The number of carbonyl (C=O) groups excluding carboxylic acids is 2. The van der Waals surface area contributed by atoms with Crippen LogP contribution in [0, 0.1) is 0 Å². The van der Waals surface area contributed by atoms with Gasteiger partial charge in [0.15, 0.2) is 0 Å². The molecule has 6 nitrogen and oxygen atoms in total. The molecule has 0 aromatic heterocycles. The number of benzene rings is 2. The summed E-state index contributed by atoms with van der Waals surface area (Å²) in [6, 6.07) is 19.4. The summed E-state index contributed by atoms with van der Waals surface area (Å²) in [7, 11) is 0. The zero-order valence-electron chi connectivity index (χ0n) is 17.4. The number of amides is 1. The third-order valence-corrected chi connectivity index (χ3v) is 3.94. The second kappa shape index (κ2) is 11.2. The monoisotopic (exact) mass is 398 g/mol. The van der Waals surface area contributed by atoms with Gasteiger partial charge in [-0.1, -0.05) is 60.7 Å². The van der Waals surface area contributed by atoms with Crippen LogP contribution in [-0.4, -0.2) is 42.2 Å². The molecular formula is C23H30N2O4. The van der Waals surface area contributed by atoms with Crippen molar-refractivity contribution in [2.45, 2.75) is 39.5 Å². The Hall–Kier alpha value is -2.86. The van der Waals surface area contributed by atoms with Crippen molar-refractivity contribution >= 4 is 12.1 Å². The maximum Gasteiger partial charge on any atom is 0.407 e. The number of hydrogen-bond donors (Lipinski definition) is 1. The molecule has 0 saturated heterocycles. The van der Waals surface area contributed by atoms with E-state index in [9.17, 15) is 9.59 Å². The van der Waals surface area contributed by atoms with Gasteiger partial charge in [0.25, 0.3) is 0 Å². The highest BCUT2D eigenvalue weighted by molar-refractivity contribution is 5.71. The van der Waals surface area contributed by atoms with E-state index in [1.807, 2.05) is 86.3 Å². The number of nitrogens with one attached hydrogen (secondary N) is 1. The minimum absolute atomic E-state index is 0.137. The Bertz CT molecular complexity index is 757. The average molecular weight is 399 g/mol. The van der Waals surface area contributed by atoms with Gasteiger partial charge >= 0.3 is 12.1 Å². The van der Waals surface area contributed by atoms with E-state index < -0.39 is 11.7 Å². The maximum atomic E-state index is 12.3. The first-order chi connectivity index (χ1) is 13.8. The molecule has 1 amide bonds. The van der Waals surface area contributed by atoms with E-state index in [4.69, 9.17) is 9.47 Å². The number of rotatable bonds is 9. The van der Waals surface area contributed by atoms with Gasteiger partial charge in [0.2, 0.25) is 0 Å². The lowest BCUT2D eigenvalue weighted by Gasteiger charge is -2.23. The zero-order chi connectivity index (χ0) is 21.1. The quantitative estimate of drug-likeness (QED) is 0.652. The van der Waals surface area contributed by atoms with Gasteiger partial charge < -0.3 is 14.8 Å². The van der Waals surface area contributed by atoms with Crippen LogP contribution in [0.25, 0.3) is 0 Å². The van der Waals surface area contributed by atoms with Crippen molar-refractivity contribution in [3.05, 3.63) is 71.8 Å². The zero-order valence-corrected chi connectivity index (χ0v) is 17.4. The molecule has 0 heterocycles. The Balaban J connectivity index is 1.86. The van der Waals surface area contributed by atoms with Gasteiger partial charge in [0, 0.05) is 19.6 Å². The highest BCUT2D eigenvalue weighted by Gasteiger charge is 2.17. The van der Waals surface area contributed by atoms with Gasteiger partial charge in [0.05, 0.1) is 6.54 Å². The molecule has 0 radical (unpaired) electrons. The van der Waals surface area contributed by atoms with Crippen LogP contribution in [0.4, 0.5) is 4.79 Å². The van der Waals surface area contributed by atoms with Gasteiger partial charge in [-0.05, 0) is 31.9 Å². The van der Waals surface area contributed by atoms with Crippen molar-refractivity contribution in [2.24, 2.45) is 0 Å². The van der Waals surface area contributed by atoms with Gasteiger partial charge in [-0.3, -0.25) is 9.69 Å². The molecule has 156 valence electrons. The minimum atomic E-state index is -0.547. The lowest BCUT2D eigenvalue weighted by Crippen LogP contribution is -2.39. The van der Waals surface area contributed by atoms with Crippen LogP contribution in [0.3, 0.4) is 0 Å². The molecule has 6 heteroatoms. The number of alkyl carbamates (subject to hydrolysis) is 1. The third kappa shape index (κ3) is 9.76. The van der Waals surface area contributed by atoms with E-state index >= 15 is 0 Å². The molecule has 0 spiro atoms. The molecule has 0 atom stereocenters. The van der Waals surface area contributed by atoms with Gasteiger partial charge in [-0.15, -0.1) is 0 Å². The molecule has 0 saturated carbocycles. The molecule has 29 heavy (non-hydrogen) atoms. The summed E-state index contributed by atoms with van der Waals surface area (Å²) in [6.07, 6.45) is -0.469. The summed E-state index contributed by atoms with van der Waals surface area (Å²) in [4.78, 5) is 26.1. The normalized spacial score (nSPS) is 11.2. The Kier molecular flexibility index (Phi) is 8.68. The molecule has 0 fully saturated rings. The molecule has 0 bridgehead atoms. The van der Waals surface area contributed by atoms with Crippen LogP contribution < -0.4 is 5.32 Å². The Morgan fingerprint density at radius 1 is 0.931 bits per heavy atom. The lowest BCUT2D eigenvalue weighted by molar-refractivity contribution is -0.146. The molecular weight excluding hydrogens is 368 g/mol. The highest BCUT2D eigenvalue weighted by Crippen LogP contribution is 2.07. The lowest BCUT2D eigenvalue weighted by atomic mass is 10.2. The van der Waals surface area contributed by atoms with E-state index in [1.165, 1.54) is 0 Å². The first kappa shape index (κ1) is 22.4. The van der Waals surface area contributed by atoms with E-state index in [1.54, 1.807) is 0 Å². The molecule has 0 aliphatic heterocycles. The smallest absolute Gasteiger partial charge is 0.407 e. The first-order valence-electron chi connectivity index (χ1n) is 9.74. The predicted octanol–water partition coefficient (Wildman–Crippen LogP) is 3.76. The summed E-state index contributed by atoms with van der Waals surface area (Å²) < 4.78 is 10.6. The summed E-state index contributed by atoms with van der Waals surface area (Å²) in [5, 5.41) is 2.73. The number of nitrogens with zero attached hydrogens (tertiary/aromatic N) is 1. The topological polar surface area (TPSA) is 67.9 Å². The molecule has 2 aromatic rings. The van der Waals surface area contributed by atoms with E-state index in [2.05, 4.69) is 5.32 Å². The molecule has 1 N–H and O–H groups in total. The van der Waals surface area contributed by atoms with Gasteiger partial charge in [-0.2, -0.15) is 0 Å². The van der Waals surface area contributed by atoms with E-state index in [0.717, 1.165) is 11.1 Å². The number of hydrogen-bond acceptors (Lipinski definition) is 5. The van der Waals surface area contributed by atoms with Crippen LogP contribution in [0.5, 0.6) is 0 Å². The fourth-order valence-corrected chi connectivity index (χ4v) is 2.65. The fourth-order valence-electron chi connectivity index (χ4n) is 2.65. The third-order valence-electron chi connectivity index (χ3n) is 3.94. The fraction of sp³-hybridized carbons (Fsp3) is 0.391. The Morgan fingerprint density at radius 2 is 1.52 bits per heavy atom.